The maximum atomic E-state index is 4.40. The second kappa shape index (κ2) is 14.5. The molecule has 0 aromatic carbocycles. The van der Waals surface area contributed by atoms with Crippen LogP contribution in [0.1, 0.15) is 162 Å². The van der Waals surface area contributed by atoms with E-state index >= 15 is 0 Å². The van der Waals surface area contributed by atoms with Crippen molar-refractivity contribution in [3.05, 3.63) is 21.8 Å². The van der Waals surface area contributed by atoms with Gasteiger partial charge in [-0.25, -0.2) is 0 Å². The van der Waals surface area contributed by atoms with E-state index in [1.54, 1.807) is 0 Å². The molecule has 0 aromatic rings. The highest BCUT2D eigenvalue weighted by atomic mass is 28.3. The van der Waals surface area contributed by atoms with E-state index in [0.29, 0.717) is 0 Å². The molecular weight excluding hydrogens is 482 g/mol. The van der Waals surface area contributed by atoms with Crippen LogP contribution in [-0.4, -0.2) is 21.5 Å². The zero-order valence-corrected chi connectivity index (χ0v) is 27.3. The summed E-state index contributed by atoms with van der Waals surface area (Å²) in [5, 5.41) is 4.07. The van der Waals surface area contributed by atoms with Crippen LogP contribution in [0.3, 0.4) is 0 Å². The summed E-state index contributed by atoms with van der Waals surface area (Å²) in [5.41, 5.74) is 6.44. The quantitative estimate of drug-likeness (QED) is 0.138. The molecule has 1 atom stereocenters. The molecule has 4 bridgehead atoms. The molecule has 214 valence electrons. The fourth-order valence-corrected chi connectivity index (χ4v) is 15.9. The van der Waals surface area contributed by atoms with Crippen LogP contribution in [0.2, 0.25) is 29.3 Å². The molecule has 1 unspecified atom stereocenters. The van der Waals surface area contributed by atoms with Crippen LogP contribution in [0.4, 0.5) is 0 Å². The molecule has 0 amide bonds. The lowest BCUT2D eigenvalue weighted by atomic mass is 9.24. The van der Waals surface area contributed by atoms with Gasteiger partial charge in [-0.15, -0.1) is 16.9 Å². The Morgan fingerprint density at radius 2 is 1.33 bits per heavy atom. The van der Waals surface area contributed by atoms with E-state index in [9.17, 15) is 0 Å². The maximum Gasteiger partial charge on any atom is 0.182 e. The molecule has 0 aliphatic carbocycles. The van der Waals surface area contributed by atoms with Crippen molar-refractivity contribution in [3.8, 4) is 11.5 Å². The minimum atomic E-state index is -2.00. The third-order valence-corrected chi connectivity index (χ3v) is 16.9. The third kappa shape index (κ3) is 6.42. The second-order valence-electron chi connectivity index (χ2n) is 14.5. The predicted octanol–water partition coefficient (Wildman–Crippen LogP) is 11.5. The summed E-state index contributed by atoms with van der Waals surface area (Å²) in [4.78, 5) is 0. The van der Waals surface area contributed by atoms with Gasteiger partial charge >= 0.3 is 0 Å². The molecule has 3 heteroatoms. The van der Waals surface area contributed by atoms with Gasteiger partial charge in [-0.3, -0.25) is 0 Å². The summed E-state index contributed by atoms with van der Waals surface area (Å²) >= 11 is 0. The Kier molecular flexibility index (Phi) is 11.1. The van der Waals surface area contributed by atoms with Crippen LogP contribution in [0, 0.1) is 11.5 Å². The zero-order chi connectivity index (χ0) is 27.1. The first-order chi connectivity index (χ1) is 19.2. The fraction of sp³-hybridized carbons (Fsp3) is 0.833. The molecule has 39 heavy (non-hydrogen) atoms. The average Bonchev–Trinajstić information content (AvgIpc) is 3.30. The molecule has 0 nitrogen and oxygen atoms in total. The van der Waals surface area contributed by atoms with Gasteiger partial charge in [-0.2, -0.15) is 0 Å². The Morgan fingerprint density at radius 1 is 0.769 bits per heavy atom. The van der Waals surface area contributed by atoms with Crippen LogP contribution in [0.25, 0.3) is 0 Å². The summed E-state index contributed by atoms with van der Waals surface area (Å²) < 4.78 is 0. The maximum absolute atomic E-state index is 4.40. The second-order valence-corrected chi connectivity index (χ2v) is 18.3. The highest BCUT2D eigenvalue weighted by Crippen LogP contribution is 2.57. The van der Waals surface area contributed by atoms with Crippen molar-refractivity contribution in [1.82, 2.24) is 0 Å². The van der Waals surface area contributed by atoms with Crippen LogP contribution < -0.4 is 0 Å². The Morgan fingerprint density at radius 3 is 1.90 bits per heavy atom. The van der Waals surface area contributed by atoms with Gasteiger partial charge in [-0.1, -0.05) is 170 Å². The lowest BCUT2D eigenvalue weighted by Crippen LogP contribution is -2.49. The van der Waals surface area contributed by atoms with Crippen LogP contribution >= 0.6 is 0 Å². The molecule has 4 fully saturated rings. The third-order valence-electron chi connectivity index (χ3n) is 12.2. The minimum Gasteiger partial charge on any atom is -0.121 e. The van der Waals surface area contributed by atoms with E-state index in [-0.39, 0.29) is 0 Å². The molecule has 5 heterocycles. The first-order valence-corrected chi connectivity index (χ1v) is 20.4. The molecule has 0 N–H and O–H groups in total. The zero-order valence-electron chi connectivity index (χ0n) is 26.3. The van der Waals surface area contributed by atoms with Gasteiger partial charge in [0.15, 0.2) is 21.5 Å². The molecule has 0 spiro atoms. The van der Waals surface area contributed by atoms with Crippen LogP contribution in [-0.2, 0) is 0 Å². The number of hydrogen-bond donors (Lipinski definition) is 0. The number of fused-ring (bicyclic) bond motifs is 4. The van der Waals surface area contributed by atoms with E-state index in [0.717, 1.165) is 43.1 Å². The Balaban J connectivity index is 1.64. The van der Waals surface area contributed by atoms with E-state index in [4.69, 9.17) is 0 Å². The summed E-state index contributed by atoms with van der Waals surface area (Å²) in [6.07, 6.45) is 34.3. The van der Waals surface area contributed by atoms with Crippen molar-refractivity contribution < 1.29 is 0 Å². The van der Waals surface area contributed by atoms with Gasteiger partial charge in [0.25, 0.3) is 0 Å². The van der Waals surface area contributed by atoms with Crippen molar-refractivity contribution in [2.75, 3.05) is 0 Å². The molecule has 0 aromatic heterocycles. The lowest BCUT2D eigenvalue weighted by molar-refractivity contribution is 0.445. The molecule has 4 saturated heterocycles. The van der Waals surface area contributed by atoms with E-state index in [1.807, 2.05) is 15.8 Å². The summed E-state index contributed by atoms with van der Waals surface area (Å²) in [5.74, 6) is 7.91. The topological polar surface area (TPSA) is 0 Å². The van der Waals surface area contributed by atoms with Gasteiger partial charge in [0.2, 0.25) is 0 Å². The number of rotatable bonds is 11. The Hall–Kier alpha value is -0.613. The molecule has 0 saturated carbocycles. The molecule has 5 aliphatic rings. The normalized spacial score (nSPS) is 32.8. The van der Waals surface area contributed by atoms with Gasteiger partial charge < -0.3 is 0 Å². The van der Waals surface area contributed by atoms with Gasteiger partial charge in [-0.05, 0) is 31.7 Å². The van der Waals surface area contributed by atoms with Crippen molar-refractivity contribution in [3.63, 3.8) is 0 Å². The minimum absolute atomic E-state index is 0.887. The molecule has 0 radical (unpaired) electrons. The summed E-state index contributed by atoms with van der Waals surface area (Å²) in [7, 11) is -2.00. The van der Waals surface area contributed by atoms with Gasteiger partial charge in [0.1, 0.15) is 0 Å². The van der Waals surface area contributed by atoms with Crippen molar-refractivity contribution in [2.45, 2.75) is 191 Å². The summed E-state index contributed by atoms with van der Waals surface area (Å²) in [6, 6.07) is 1.46. The Labute approximate surface area is 245 Å². The molecular formula is C36H60B2Si. The highest BCUT2D eigenvalue weighted by molar-refractivity contribution is 7.10. The highest BCUT2D eigenvalue weighted by Gasteiger charge is 2.54. The largest absolute Gasteiger partial charge is 0.182 e. The van der Waals surface area contributed by atoms with Crippen molar-refractivity contribution in [2.24, 2.45) is 0 Å². The fourth-order valence-electron chi connectivity index (χ4n) is 10.5. The smallest absolute Gasteiger partial charge is 0.121 e. The first-order valence-electron chi connectivity index (χ1n) is 18.2. The van der Waals surface area contributed by atoms with E-state index < -0.39 is 8.07 Å². The average molecular weight is 543 g/mol. The van der Waals surface area contributed by atoms with Crippen molar-refractivity contribution >= 4 is 21.5 Å². The number of unbranched alkanes of at least 4 members (excludes halogenated alkanes) is 5. The Bertz CT molecular complexity index is 880. The molecule has 5 aliphatic heterocycles. The van der Waals surface area contributed by atoms with Crippen LogP contribution in [0.5, 0.6) is 0 Å². The summed E-state index contributed by atoms with van der Waals surface area (Å²) in [6.45, 7) is 9.00. The van der Waals surface area contributed by atoms with E-state index in [1.165, 1.54) is 141 Å². The number of allylic oxidation sites excluding steroid dienone is 3. The first kappa shape index (κ1) is 29.9. The number of hydrogen-bond acceptors (Lipinski definition) is 0. The van der Waals surface area contributed by atoms with E-state index in [2.05, 4.69) is 38.3 Å². The SMILES string of the molecule is CCCCC#C[Si]1(/C(=C\CCCC)B2C3CCCC2CCC3)CCC(B2C3CCCC2CCC3)=C1CCCC. The lowest BCUT2D eigenvalue weighted by Gasteiger charge is -2.46. The predicted molar refractivity (Wildman–Crippen MR) is 179 cm³/mol. The monoisotopic (exact) mass is 542 g/mol. The van der Waals surface area contributed by atoms with Gasteiger partial charge in [0.05, 0.1) is 0 Å². The van der Waals surface area contributed by atoms with Crippen LogP contribution in [0.15, 0.2) is 21.8 Å². The standard InChI is InChI=1S/C36H60B2Si/c1-4-7-10-12-28-39(36(26-11-8-5-2)38-32-21-15-22-33(38)24-16-23-32)29-27-34(35(39)25-9-6-3)37-30-17-13-18-31(37)20-14-19-30/h26,30-33H,4-11,13-25,27,29H2,1-3H3/b36-26-. The van der Waals surface area contributed by atoms with Crippen molar-refractivity contribution in [1.29, 1.82) is 0 Å². The van der Waals surface area contributed by atoms with Gasteiger partial charge in [0, 0.05) is 6.42 Å². The molecule has 5 rings (SSSR count).